The van der Waals surface area contributed by atoms with Gasteiger partial charge >= 0.3 is 6.03 Å². The van der Waals surface area contributed by atoms with Gasteiger partial charge in [-0.05, 0) is 68.9 Å². The van der Waals surface area contributed by atoms with Crippen LogP contribution in [0.1, 0.15) is 83.7 Å². The van der Waals surface area contributed by atoms with Crippen molar-refractivity contribution in [2.24, 2.45) is 11.3 Å². The molecule has 18 heteroatoms. The number of nitrogens with one attached hydrogen (secondary N) is 2. The standard InChI is InChI=1S/C47H67N9O7SSi/c1-10-55-38-16-15-32(24-34(38)35(26-47(6,7)28-63-46(61)65)42(55)33-14-13-17-48-40(33)30(4)62-9)37-27-64-39(50-37)25-36(44(59)56-19-12-11-18-49-56)51-43(58)41(29(2)3)52(8)45(60)54-22-20-53(21-23-54)31(5)57/h13-17,24,27,29-30,36,41,49H,10-12,18-23,25-26,28H2,1-9,65H3,(H,51,58)/t30-,36-,41-/m0/s1. The van der Waals surface area contributed by atoms with Crippen LogP contribution < -0.4 is 10.7 Å². The molecular formula is C47H67N9O7SSi. The smallest absolute Gasteiger partial charge is 0.320 e. The molecule has 0 aliphatic carbocycles. The summed E-state index contributed by atoms with van der Waals surface area (Å²) in [5.74, 6) is -0.977. The van der Waals surface area contributed by atoms with Gasteiger partial charge in [0.25, 0.3) is 11.5 Å². The Bertz CT molecular complexity index is 2350. The highest BCUT2D eigenvalue weighted by molar-refractivity contribution is 7.10. The Morgan fingerprint density at radius 2 is 1.75 bits per heavy atom. The zero-order chi connectivity index (χ0) is 47.2. The lowest BCUT2D eigenvalue weighted by atomic mass is 9.84. The van der Waals surface area contributed by atoms with E-state index in [2.05, 4.69) is 60.3 Å². The number of carbonyl (C=O) groups excluding carboxylic acids is 5. The van der Waals surface area contributed by atoms with Crippen molar-refractivity contribution in [3.8, 4) is 22.5 Å². The van der Waals surface area contributed by atoms with Crippen molar-refractivity contribution >= 4 is 61.8 Å². The van der Waals surface area contributed by atoms with Crippen molar-refractivity contribution in [2.75, 3.05) is 60.0 Å². The van der Waals surface area contributed by atoms with Gasteiger partial charge in [0.15, 0.2) is 0 Å². The van der Waals surface area contributed by atoms with E-state index in [9.17, 15) is 24.0 Å². The summed E-state index contributed by atoms with van der Waals surface area (Å²) in [7, 11) is 3.63. The van der Waals surface area contributed by atoms with Gasteiger partial charge in [-0.1, -0.05) is 33.8 Å². The lowest BCUT2D eigenvalue weighted by molar-refractivity contribution is -0.141. The van der Waals surface area contributed by atoms with Crippen LogP contribution in [0, 0.1) is 11.3 Å². The third-order valence-electron chi connectivity index (χ3n) is 12.5. The zero-order valence-electron chi connectivity index (χ0n) is 39.7. The number of fused-ring (bicyclic) bond motifs is 1. The number of amides is 5. The fraction of sp³-hybridized carbons (Fsp3) is 0.553. The molecule has 3 aromatic heterocycles. The van der Waals surface area contributed by atoms with Crippen molar-refractivity contribution in [1.29, 1.82) is 0 Å². The van der Waals surface area contributed by atoms with Crippen LogP contribution in [0.2, 0.25) is 0 Å². The molecule has 1 aromatic carbocycles. The molecule has 0 spiro atoms. The van der Waals surface area contributed by atoms with Crippen molar-refractivity contribution in [3.63, 3.8) is 0 Å². The number of piperazine rings is 1. The first kappa shape index (κ1) is 49.3. The SMILES string of the molecule is CCn1c(-c2cccnc2[C@H](C)OC)c(CC(C)(C)COC(=O)[SiH3])c2cc(-c3csc(C[C@H](NC(=O)[C@H](C(C)C)N(C)C(=O)N4CCN(C(C)=O)CC4)C(=O)N4CCCCN4)n3)ccc21. The topological polar surface area (TPSA) is 172 Å². The summed E-state index contributed by atoms with van der Waals surface area (Å²) in [5.41, 5.74) is 9.28. The first-order valence-electron chi connectivity index (χ1n) is 22.8. The molecule has 6 rings (SSSR count). The summed E-state index contributed by atoms with van der Waals surface area (Å²) in [6.07, 6.45) is 4.08. The Labute approximate surface area is 389 Å². The number of rotatable bonds is 16. The number of benzene rings is 1. The zero-order valence-corrected chi connectivity index (χ0v) is 42.5. The van der Waals surface area contributed by atoms with Crippen molar-refractivity contribution in [2.45, 2.75) is 98.9 Å². The summed E-state index contributed by atoms with van der Waals surface area (Å²) >= 11 is 1.43. The van der Waals surface area contributed by atoms with Crippen molar-refractivity contribution in [1.82, 2.24) is 45.0 Å². The predicted octanol–water partition coefficient (Wildman–Crippen LogP) is 5.02. The van der Waals surface area contributed by atoms with Crippen LogP contribution >= 0.6 is 11.3 Å². The summed E-state index contributed by atoms with van der Waals surface area (Å²) < 4.78 is 13.7. The molecule has 16 nitrogen and oxygen atoms in total. The van der Waals surface area contributed by atoms with E-state index < -0.39 is 23.4 Å². The third kappa shape index (κ3) is 11.4. The van der Waals surface area contributed by atoms with E-state index in [0.29, 0.717) is 67.5 Å². The minimum atomic E-state index is -0.948. The number of methoxy groups -OCH3 is 1. The first-order valence-corrected chi connectivity index (χ1v) is 24.7. The molecule has 2 N–H and O–H groups in total. The minimum absolute atomic E-state index is 0.0326. The second kappa shape index (κ2) is 21.4. The number of hydrogen-bond donors (Lipinski definition) is 2. The average Bonchev–Trinajstić information content (AvgIpc) is 3.89. The van der Waals surface area contributed by atoms with E-state index in [4.69, 9.17) is 19.4 Å². The number of aryl methyl sites for hydroxylation is 1. The number of pyridine rings is 1. The molecule has 2 aliphatic heterocycles. The highest BCUT2D eigenvalue weighted by atomic mass is 32.1. The van der Waals surface area contributed by atoms with Gasteiger partial charge in [0.05, 0.1) is 34.8 Å². The summed E-state index contributed by atoms with van der Waals surface area (Å²) in [5, 5.41) is 8.36. The Kier molecular flexibility index (Phi) is 16.2. The number of carbonyl (C=O) groups is 5. The van der Waals surface area contributed by atoms with Gasteiger partial charge in [0.1, 0.15) is 22.3 Å². The molecule has 3 atom stereocenters. The van der Waals surface area contributed by atoms with Crippen molar-refractivity contribution < 1.29 is 33.4 Å². The molecule has 0 bridgehead atoms. The average molecular weight is 930 g/mol. The number of likely N-dealkylation sites (N-methyl/N-ethyl adjacent to an activating group) is 1. The molecule has 2 fully saturated rings. The van der Waals surface area contributed by atoms with E-state index >= 15 is 0 Å². The van der Waals surface area contributed by atoms with Crippen LogP contribution in [0.25, 0.3) is 33.4 Å². The number of urea groups is 1. The van der Waals surface area contributed by atoms with E-state index in [-0.39, 0.29) is 48.5 Å². The van der Waals surface area contributed by atoms with Crippen LogP contribution in [0.15, 0.2) is 41.9 Å². The molecule has 2 saturated heterocycles. The fourth-order valence-electron chi connectivity index (χ4n) is 8.99. The summed E-state index contributed by atoms with van der Waals surface area (Å²) in [4.78, 5) is 80.9. The normalized spacial score (nSPS) is 16.1. The Balaban J connectivity index is 1.33. The lowest BCUT2D eigenvalue weighted by Crippen LogP contribution is -2.61. The monoisotopic (exact) mass is 929 g/mol. The number of nitrogens with zero attached hydrogens (tertiary/aromatic N) is 7. The maximum absolute atomic E-state index is 14.3. The van der Waals surface area contributed by atoms with E-state index in [1.165, 1.54) is 23.2 Å². The van der Waals surface area contributed by atoms with Crippen molar-refractivity contribution in [3.05, 3.63) is 58.2 Å². The first-order chi connectivity index (χ1) is 30.9. The van der Waals surface area contributed by atoms with Gasteiger partial charge in [-0.3, -0.25) is 29.2 Å². The molecule has 2 aliphatic rings. The molecule has 352 valence electrons. The highest BCUT2D eigenvalue weighted by Crippen LogP contribution is 2.42. The molecule has 5 heterocycles. The Morgan fingerprint density at radius 3 is 2.38 bits per heavy atom. The van der Waals surface area contributed by atoms with E-state index in [1.54, 1.807) is 35.2 Å². The number of hydrogen-bond acceptors (Lipinski definition) is 11. The molecule has 0 saturated carbocycles. The Morgan fingerprint density at radius 1 is 1.03 bits per heavy atom. The van der Waals surface area contributed by atoms with Gasteiger partial charge in [0.2, 0.25) is 11.8 Å². The maximum Gasteiger partial charge on any atom is 0.320 e. The predicted molar refractivity (Wildman–Crippen MR) is 256 cm³/mol. The van der Waals surface area contributed by atoms with E-state index in [0.717, 1.165) is 57.5 Å². The van der Waals surface area contributed by atoms with E-state index in [1.807, 2.05) is 32.2 Å². The quantitative estimate of drug-likeness (QED) is 0.146. The third-order valence-corrected chi connectivity index (χ3v) is 13.6. The van der Waals surface area contributed by atoms with Gasteiger partial charge < -0.3 is 34.1 Å². The van der Waals surface area contributed by atoms with Gasteiger partial charge in [-0.2, -0.15) is 0 Å². The second-order valence-electron chi connectivity index (χ2n) is 18.3. The second-order valence-corrected chi connectivity index (χ2v) is 20.1. The molecular weight excluding hydrogens is 863 g/mol. The largest absolute Gasteiger partial charge is 0.470 e. The van der Waals surface area contributed by atoms with Gasteiger partial charge in [-0.25, -0.2) is 15.2 Å². The van der Waals surface area contributed by atoms with Crippen LogP contribution in [-0.2, 0) is 43.2 Å². The number of aromatic nitrogens is 3. The molecule has 0 unspecified atom stereocenters. The fourth-order valence-corrected chi connectivity index (χ4v) is 9.99. The van der Waals surface area contributed by atoms with Crippen LogP contribution in [0.3, 0.4) is 0 Å². The molecule has 0 radical (unpaired) electrons. The highest BCUT2D eigenvalue weighted by Gasteiger charge is 2.37. The van der Waals surface area contributed by atoms with Crippen LogP contribution in [0.4, 0.5) is 9.59 Å². The Hall–Kier alpha value is -5.17. The number of thiazole rings is 1. The summed E-state index contributed by atoms with van der Waals surface area (Å²) in [6.45, 7) is 17.4. The molecule has 4 aromatic rings. The summed E-state index contributed by atoms with van der Waals surface area (Å²) in [6, 6.07) is 8.31. The number of ether oxygens (including phenoxy) is 2. The maximum atomic E-state index is 14.3. The minimum Gasteiger partial charge on any atom is -0.470 e. The van der Waals surface area contributed by atoms with Crippen LogP contribution in [-0.4, -0.2) is 146 Å². The molecule has 5 amide bonds. The van der Waals surface area contributed by atoms with Crippen LogP contribution in [0.5, 0.6) is 0 Å². The van der Waals surface area contributed by atoms with Gasteiger partial charge in [-0.15, -0.1) is 11.3 Å². The molecule has 65 heavy (non-hydrogen) atoms. The van der Waals surface area contributed by atoms with Gasteiger partial charge in [0, 0.05) is 112 Å². The number of hydrazine groups is 1. The lowest BCUT2D eigenvalue weighted by Gasteiger charge is -2.39.